The van der Waals surface area contributed by atoms with Crippen molar-refractivity contribution in [3.63, 3.8) is 0 Å². The molecule has 4 N–H and O–H groups in total. The molecule has 0 aliphatic rings. The Hall–Kier alpha value is -1.88. The predicted octanol–water partition coefficient (Wildman–Crippen LogP) is 1.77. The van der Waals surface area contributed by atoms with E-state index in [-0.39, 0.29) is 6.42 Å². The number of nitrogens with two attached hydrogens (primary N) is 1. The first-order chi connectivity index (χ1) is 9.50. The zero-order valence-corrected chi connectivity index (χ0v) is 11.8. The number of hydrogen-bond acceptors (Lipinski definition) is 3. The van der Waals surface area contributed by atoms with Crippen LogP contribution in [0.5, 0.6) is 0 Å². The third-order valence-electron chi connectivity index (χ3n) is 3.26. The first-order valence-corrected chi connectivity index (χ1v) is 6.81. The van der Waals surface area contributed by atoms with Gasteiger partial charge >= 0.3 is 5.97 Å². The largest absolute Gasteiger partial charge is 0.481 e. The minimum Gasteiger partial charge on any atom is -0.481 e. The van der Waals surface area contributed by atoms with Crippen LogP contribution >= 0.6 is 0 Å². The molecule has 0 saturated carbocycles. The number of nitrogens with one attached hydrogen (secondary N) is 1. The Morgan fingerprint density at radius 3 is 2.65 bits per heavy atom. The summed E-state index contributed by atoms with van der Waals surface area (Å²) in [5, 5.41) is 11.9. The van der Waals surface area contributed by atoms with Gasteiger partial charge in [0.1, 0.15) is 0 Å². The van der Waals surface area contributed by atoms with E-state index in [0.29, 0.717) is 24.4 Å². The Balaban J connectivity index is 2.31. The smallest absolute Gasteiger partial charge is 0.303 e. The van der Waals surface area contributed by atoms with E-state index in [4.69, 9.17) is 10.8 Å². The molecule has 0 bridgehead atoms. The van der Waals surface area contributed by atoms with Crippen molar-refractivity contribution in [1.82, 2.24) is 5.32 Å². The van der Waals surface area contributed by atoms with Crippen molar-refractivity contribution in [3.05, 3.63) is 35.4 Å². The summed E-state index contributed by atoms with van der Waals surface area (Å²) < 4.78 is 0. The molecule has 0 heterocycles. The third-order valence-corrected chi connectivity index (χ3v) is 3.26. The van der Waals surface area contributed by atoms with E-state index < -0.39 is 11.9 Å². The van der Waals surface area contributed by atoms with Crippen LogP contribution in [0.25, 0.3) is 0 Å². The van der Waals surface area contributed by atoms with Gasteiger partial charge in [0.15, 0.2) is 0 Å². The van der Waals surface area contributed by atoms with Crippen LogP contribution in [0.1, 0.15) is 42.1 Å². The number of carboxylic acid groups (broad SMARTS) is 1. The number of carbonyl (C=O) groups is 2. The Morgan fingerprint density at radius 2 is 2.00 bits per heavy atom. The van der Waals surface area contributed by atoms with Gasteiger partial charge in [0.25, 0.3) is 0 Å². The van der Waals surface area contributed by atoms with Crippen molar-refractivity contribution in [1.29, 1.82) is 0 Å². The Labute approximate surface area is 119 Å². The summed E-state index contributed by atoms with van der Waals surface area (Å²) in [5.74, 6) is -0.803. The topological polar surface area (TPSA) is 92.4 Å². The number of aliphatic carboxylic acids is 1. The predicted molar refractivity (Wildman–Crippen MR) is 77.3 cm³/mol. The van der Waals surface area contributed by atoms with Crippen LogP contribution < -0.4 is 11.1 Å². The van der Waals surface area contributed by atoms with E-state index >= 15 is 0 Å². The lowest BCUT2D eigenvalue weighted by Gasteiger charge is -2.12. The van der Waals surface area contributed by atoms with Crippen LogP contribution in [0.15, 0.2) is 24.3 Å². The number of hydrogen-bond donors (Lipinski definition) is 3. The molecular formula is C15H22N2O3. The van der Waals surface area contributed by atoms with Gasteiger partial charge < -0.3 is 16.2 Å². The van der Waals surface area contributed by atoms with Gasteiger partial charge in [-0.2, -0.15) is 0 Å². The minimum absolute atomic E-state index is 0.214. The third kappa shape index (κ3) is 5.84. The van der Waals surface area contributed by atoms with Crippen molar-refractivity contribution in [3.8, 4) is 0 Å². The summed E-state index contributed by atoms with van der Waals surface area (Å²) in [6, 6.07) is 7.26. The van der Waals surface area contributed by atoms with E-state index in [1.165, 1.54) is 0 Å². The average Bonchev–Trinajstić information content (AvgIpc) is 2.41. The lowest BCUT2D eigenvalue weighted by atomic mass is 10.0. The zero-order valence-electron chi connectivity index (χ0n) is 11.8. The number of rotatable bonds is 9. The molecule has 5 heteroatoms. The lowest BCUT2D eigenvalue weighted by molar-refractivity contribution is -0.137. The first kappa shape index (κ1) is 16.2. The maximum Gasteiger partial charge on any atom is 0.303 e. The van der Waals surface area contributed by atoms with Crippen molar-refractivity contribution in [2.45, 2.75) is 32.7 Å². The normalized spacial score (nSPS) is 12.1. The van der Waals surface area contributed by atoms with Gasteiger partial charge in [-0.25, -0.2) is 0 Å². The molecule has 0 saturated heterocycles. The molecule has 1 rings (SSSR count). The van der Waals surface area contributed by atoms with E-state index in [1.807, 2.05) is 19.1 Å². The second kappa shape index (κ2) is 8.32. The molecule has 1 aromatic carbocycles. The zero-order chi connectivity index (χ0) is 15.0. The maximum atomic E-state index is 11.3. The van der Waals surface area contributed by atoms with Gasteiger partial charge in [-0.3, -0.25) is 9.59 Å². The van der Waals surface area contributed by atoms with Crippen LogP contribution in [0, 0.1) is 5.92 Å². The summed E-state index contributed by atoms with van der Waals surface area (Å²) in [6.45, 7) is 3.42. The summed E-state index contributed by atoms with van der Waals surface area (Å²) >= 11 is 0. The van der Waals surface area contributed by atoms with Crippen LogP contribution in [0.3, 0.4) is 0 Å². The maximum absolute atomic E-state index is 11.3. The van der Waals surface area contributed by atoms with Crippen molar-refractivity contribution in [2.24, 2.45) is 11.7 Å². The molecule has 0 aliphatic carbocycles. The highest BCUT2D eigenvalue weighted by Gasteiger charge is 2.07. The van der Waals surface area contributed by atoms with E-state index in [1.54, 1.807) is 12.1 Å². The quantitative estimate of drug-likeness (QED) is 0.600. The molecule has 5 nitrogen and oxygen atoms in total. The van der Waals surface area contributed by atoms with E-state index in [0.717, 1.165) is 18.5 Å². The van der Waals surface area contributed by atoms with Gasteiger partial charge in [0, 0.05) is 18.5 Å². The lowest BCUT2D eigenvalue weighted by Crippen LogP contribution is -2.21. The van der Waals surface area contributed by atoms with Crippen molar-refractivity contribution >= 4 is 11.9 Å². The van der Waals surface area contributed by atoms with Crippen LogP contribution in [0.4, 0.5) is 0 Å². The van der Waals surface area contributed by atoms with Crippen molar-refractivity contribution in [2.75, 3.05) is 6.54 Å². The molecular weight excluding hydrogens is 256 g/mol. The van der Waals surface area contributed by atoms with E-state index in [9.17, 15) is 9.59 Å². The number of carbonyl (C=O) groups excluding carboxylic acids is 1. The fourth-order valence-corrected chi connectivity index (χ4v) is 2.00. The van der Waals surface area contributed by atoms with Gasteiger partial charge in [-0.15, -0.1) is 0 Å². The highest BCUT2D eigenvalue weighted by molar-refractivity contribution is 5.94. The minimum atomic E-state index is -0.750. The number of primary amides is 1. The van der Waals surface area contributed by atoms with Crippen molar-refractivity contribution < 1.29 is 14.7 Å². The highest BCUT2D eigenvalue weighted by Crippen LogP contribution is 2.10. The first-order valence-electron chi connectivity index (χ1n) is 6.81. The molecule has 20 heavy (non-hydrogen) atoms. The fraction of sp³-hybridized carbons (Fsp3) is 0.467. The molecule has 1 atom stereocenters. The van der Waals surface area contributed by atoms with Crippen LogP contribution in [0.2, 0.25) is 0 Å². The molecule has 1 amide bonds. The van der Waals surface area contributed by atoms with Gasteiger partial charge in [0.2, 0.25) is 5.91 Å². The summed E-state index contributed by atoms with van der Waals surface area (Å²) in [6.07, 6.45) is 1.81. The fourth-order valence-electron chi connectivity index (χ4n) is 2.00. The van der Waals surface area contributed by atoms with Gasteiger partial charge in [-0.1, -0.05) is 25.1 Å². The average molecular weight is 278 g/mol. The number of amides is 1. The molecule has 1 unspecified atom stereocenters. The van der Waals surface area contributed by atoms with Crippen LogP contribution in [-0.4, -0.2) is 23.5 Å². The molecule has 0 radical (unpaired) electrons. The van der Waals surface area contributed by atoms with E-state index in [2.05, 4.69) is 5.32 Å². The second-order valence-electron chi connectivity index (χ2n) is 5.02. The molecule has 0 spiro atoms. The summed E-state index contributed by atoms with van der Waals surface area (Å²) in [5.41, 5.74) is 6.74. The summed E-state index contributed by atoms with van der Waals surface area (Å²) in [4.78, 5) is 21.7. The SMILES string of the molecule is CC(CCNCc1ccccc1C(N)=O)CCC(=O)O. The Kier molecular flexibility index (Phi) is 6.73. The number of benzene rings is 1. The molecule has 1 aromatic rings. The van der Waals surface area contributed by atoms with Crippen LogP contribution in [-0.2, 0) is 11.3 Å². The Bertz CT molecular complexity index is 460. The van der Waals surface area contributed by atoms with Gasteiger partial charge in [-0.05, 0) is 36.9 Å². The monoisotopic (exact) mass is 278 g/mol. The summed E-state index contributed by atoms with van der Waals surface area (Å²) in [7, 11) is 0. The molecule has 0 aliphatic heterocycles. The van der Waals surface area contributed by atoms with Gasteiger partial charge in [0.05, 0.1) is 0 Å². The second-order valence-corrected chi connectivity index (χ2v) is 5.02. The molecule has 110 valence electrons. The molecule has 0 fully saturated rings. The number of carboxylic acids is 1. The highest BCUT2D eigenvalue weighted by atomic mass is 16.4. The Morgan fingerprint density at radius 1 is 1.30 bits per heavy atom. The molecule has 0 aromatic heterocycles. The standard InChI is InChI=1S/C15H22N2O3/c1-11(6-7-14(18)19)8-9-17-10-12-4-2-3-5-13(12)15(16)20/h2-5,11,17H,6-10H2,1H3,(H2,16,20)(H,18,19).